The zero-order chi connectivity index (χ0) is 13.4. The first-order valence-electron chi connectivity index (χ1n) is 7.01. The summed E-state index contributed by atoms with van der Waals surface area (Å²) in [6.45, 7) is 5.14. The van der Waals surface area contributed by atoms with Gasteiger partial charge in [-0.15, -0.1) is 5.10 Å². The van der Waals surface area contributed by atoms with Gasteiger partial charge in [-0.25, -0.2) is 4.52 Å². The van der Waals surface area contributed by atoms with Crippen LogP contribution in [-0.4, -0.2) is 33.2 Å². The lowest BCUT2D eigenvalue weighted by molar-refractivity contribution is 0.408. The van der Waals surface area contributed by atoms with Crippen molar-refractivity contribution in [2.45, 2.75) is 45.2 Å². The highest BCUT2D eigenvalue weighted by Gasteiger charge is 2.28. The summed E-state index contributed by atoms with van der Waals surface area (Å²) in [6, 6.07) is 4.56. The van der Waals surface area contributed by atoms with Crippen molar-refractivity contribution in [2.24, 2.45) is 5.73 Å². The summed E-state index contributed by atoms with van der Waals surface area (Å²) in [5.74, 6) is 0.816. The molecule has 2 N–H and O–H groups in total. The van der Waals surface area contributed by atoms with Crippen molar-refractivity contribution in [2.75, 3.05) is 11.4 Å². The highest BCUT2D eigenvalue weighted by atomic mass is 15.4. The van der Waals surface area contributed by atoms with E-state index in [1.165, 1.54) is 12.8 Å². The van der Waals surface area contributed by atoms with Gasteiger partial charge in [-0.1, -0.05) is 6.07 Å². The van der Waals surface area contributed by atoms with Gasteiger partial charge in [0, 0.05) is 24.8 Å². The summed E-state index contributed by atoms with van der Waals surface area (Å²) in [7, 11) is 0. The summed E-state index contributed by atoms with van der Waals surface area (Å²) in [5, 5.41) is 4.61. The number of anilines is 1. The maximum absolute atomic E-state index is 6.11. The number of hydrogen-bond acceptors (Lipinski definition) is 4. The zero-order valence-electron chi connectivity index (χ0n) is 11.6. The molecule has 2 unspecified atom stereocenters. The van der Waals surface area contributed by atoms with Crippen molar-refractivity contribution in [3.05, 3.63) is 23.9 Å². The Morgan fingerprint density at radius 3 is 3.00 bits per heavy atom. The third kappa shape index (κ3) is 2.18. The normalized spacial score (nSPS) is 21.8. The van der Waals surface area contributed by atoms with Gasteiger partial charge >= 0.3 is 0 Å². The highest BCUT2D eigenvalue weighted by molar-refractivity contribution is 5.51. The number of rotatable bonds is 2. The second-order valence-corrected chi connectivity index (χ2v) is 5.49. The molecule has 19 heavy (non-hydrogen) atoms. The molecule has 102 valence electrons. The summed E-state index contributed by atoms with van der Waals surface area (Å²) >= 11 is 0. The van der Waals surface area contributed by atoms with Crippen LogP contribution in [0, 0.1) is 6.92 Å². The van der Waals surface area contributed by atoms with Gasteiger partial charge in [0.1, 0.15) is 0 Å². The molecule has 2 aromatic heterocycles. The molecule has 0 amide bonds. The van der Waals surface area contributed by atoms with E-state index in [0.717, 1.165) is 30.1 Å². The Labute approximate surface area is 113 Å². The van der Waals surface area contributed by atoms with Gasteiger partial charge in [-0.3, -0.25) is 0 Å². The summed E-state index contributed by atoms with van der Waals surface area (Å²) in [5.41, 5.74) is 8.20. The van der Waals surface area contributed by atoms with E-state index in [4.69, 9.17) is 10.7 Å². The molecule has 5 heteroatoms. The van der Waals surface area contributed by atoms with Crippen molar-refractivity contribution < 1.29 is 0 Å². The molecule has 0 radical (unpaired) electrons. The number of pyridine rings is 1. The molecule has 0 aliphatic carbocycles. The number of aromatic nitrogens is 3. The Bertz CT molecular complexity index is 574. The van der Waals surface area contributed by atoms with Crippen molar-refractivity contribution in [1.82, 2.24) is 14.6 Å². The SMILES string of the molecule is Cc1cccn2nc(N3CCCCC3C(C)N)nc12. The fourth-order valence-corrected chi connectivity index (χ4v) is 2.90. The highest BCUT2D eigenvalue weighted by Crippen LogP contribution is 2.24. The average molecular weight is 259 g/mol. The van der Waals surface area contributed by atoms with E-state index in [1.807, 2.05) is 16.8 Å². The molecular weight excluding hydrogens is 238 g/mol. The van der Waals surface area contributed by atoms with Gasteiger partial charge in [-0.2, -0.15) is 4.98 Å². The van der Waals surface area contributed by atoms with Crippen molar-refractivity contribution >= 4 is 11.6 Å². The van der Waals surface area contributed by atoms with E-state index < -0.39 is 0 Å². The quantitative estimate of drug-likeness (QED) is 0.892. The Morgan fingerprint density at radius 2 is 2.26 bits per heavy atom. The average Bonchev–Trinajstić information content (AvgIpc) is 2.84. The molecule has 1 aliphatic heterocycles. The van der Waals surface area contributed by atoms with Gasteiger partial charge in [0.15, 0.2) is 5.65 Å². The van der Waals surface area contributed by atoms with E-state index in [9.17, 15) is 0 Å². The van der Waals surface area contributed by atoms with Gasteiger partial charge in [0.05, 0.1) is 0 Å². The number of nitrogens with zero attached hydrogens (tertiary/aromatic N) is 4. The van der Waals surface area contributed by atoms with Crippen LogP contribution in [0.1, 0.15) is 31.7 Å². The first-order valence-corrected chi connectivity index (χ1v) is 7.01. The number of piperidine rings is 1. The molecule has 1 saturated heterocycles. The fraction of sp³-hybridized carbons (Fsp3) is 0.571. The minimum Gasteiger partial charge on any atom is -0.335 e. The topological polar surface area (TPSA) is 59.5 Å². The summed E-state index contributed by atoms with van der Waals surface area (Å²) in [4.78, 5) is 6.97. The van der Waals surface area contributed by atoms with Crippen LogP contribution in [0.2, 0.25) is 0 Å². The molecule has 5 nitrogen and oxygen atoms in total. The minimum absolute atomic E-state index is 0.146. The van der Waals surface area contributed by atoms with E-state index in [0.29, 0.717) is 6.04 Å². The molecule has 0 aromatic carbocycles. The smallest absolute Gasteiger partial charge is 0.245 e. The molecule has 1 fully saturated rings. The second kappa shape index (κ2) is 4.81. The maximum atomic E-state index is 6.11. The van der Waals surface area contributed by atoms with E-state index >= 15 is 0 Å². The van der Waals surface area contributed by atoms with Crippen molar-refractivity contribution in [3.8, 4) is 0 Å². The molecule has 3 rings (SSSR count). The van der Waals surface area contributed by atoms with E-state index in [-0.39, 0.29) is 6.04 Å². The molecule has 0 spiro atoms. The number of fused-ring (bicyclic) bond motifs is 1. The minimum atomic E-state index is 0.146. The number of hydrogen-bond donors (Lipinski definition) is 1. The lowest BCUT2D eigenvalue weighted by Gasteiger charge is -2.37. The first kappa shape index (κ1) is 12.4. The van der Waals surface area contributed by atoms with Crippen LogP contribution in [0.5, 0.6) is 0 Å². The number of nitrogens with two attached hydrogens (primary N) is 1. The van der Waals surface area contributed by atoms with Crippen LogP contribution in [0.25, 0.3) is 5.65 Å². The van der Waals surface area contributed by atoms with Gasteiger partial charge < -0.3 is 10.6 Å². The van der Waals surface area contributed by atoms with Crippen molar-refractivity contribution in [3.63, 3.8) is 0 Å². The van der Waals surface area contributed by atoms with Gasteiger partial charge in [0.2, 0.25) is 5.95 Å². The predicted molar refractivity (Wildman–Crippen MR) is 76.4 cm³/mol. The first-order chi connectivity index (χ1) is 9.16. The van der Waals surface area contributed by atoms with E-state index in [2.05, 4.69) is 29.9 Å². The molecule has 0 saturated carbocycles. The third-order valence-electron chi connectivity index (χ3n) is 3.96. The Balaban J connectivity index is 2.00. The molecule has 2 aromatic rings. The fourth-order valence-electron chi connectivity index (χ4n) is 2.90. The molecule has 0 bridgehead atoms. The van der Waals surface area contributed by atoms with Crippen LogP contribution in [-0.2, 0) is 0 Å². The second-order valence-electron chi connectivity index (χ2n) is 5.49. The van der Waals surface area contributed by atoms with Gasteiger partial charge in [0.25, 0.3) is 0 Å². The molecule has 1 aliphatic rings. The van der Waals surface area contributed by atoms with Crippen LogP contribution in [0.4, 0.5) is 5.95 Å². The van der Waals surface area contributed by atoms with Crippen molar-refractivity contribution in [1.29, 1.82) is 0 Å². The summed E-state index contributed by atoms with van der Waals surface area (Å²) in [6.07, 6.45) is 5.52. The van der Waals surface area contributed by atoms with Crippen LogP contribution in [0.15, 0.2) is 18.3 Å². The van der Waals surface area contributed by atoms with Crippen LogP contribution >= 0.6 is 0 Å². The predicted octanol–water partition coefficient (Wildman–Crippen LogP) is 1.74. The standard InChI is InChI=1S/C14H21N5/c1-10-6-5-9-19-13(10)16-14(17-19)18-8-4-3-7-12(18)11(2)15/h5-6,9,11-12H,3-4,7-8,15H2,1-2H3. The Kier molecular flexibility index (Phi) is 3.14. The van der Waals surface area contributed by atoms with E-state index in [1.54, 1.807) is 0 Å². The van der Waals surface area contributed by atoms with Crippen LogP contribution < -0.4 is 10.6 Å². The lowest BCUT2D eigenvalue weighted by Crippen LogP contribution is -2.49. The lowest BCUT2D eigenvalue weighted by atomic mass is 9.97. The Hall–Kier alpha value is -1.62. The van der Waals surface area contributed by atoms with Crippen LogP contribution in [0.3, 0.4) is 0 Å². The molecular formula is C14H21N5. The summed E-state index contributed by atoms with van der Waals surface area (Å²) < 4.78 is 1.86. The number of aryl methyl sites for hydroxylation is 1. The largest absolute Gasteiger partial charge is 0.335 e. The molecule has 2 atom stereocenters. The third-order valence-corrected chi connectivity index (χ3v) is 3.96. The zero-order valence-corrected chi connectivity index (χ0v) is 11.6. The maximum Gasteiger partial charge on any atom is 0.245 e. The molecule has 3 heterocycles. The Morgan fingerprint density at radius 1 is 1.42 bits per heavy atom. The monoisotopic (exact) mass is 259 g/mol. The van der Waals surface area contributed by atoms with Gasteiger partial charge in [-0.05, 0) is 44.7 Å².